The van der Waals surface area contributed by atoms with Gasteiger partial charge in [0.05, 0.1) is 16.7 Å². The Morgan fingerprint density at radius 2 is 2.00 bits per heavy atom. The third-order valence-corrected chi connectivity index (χ3v) is 4.82. The summed E-state index contributed by atoms with van der Waals surface area (Å²) in [6.07, 6.45) is 0. The highest BCUT2D eigenvalue weighted by atomic mass is 32.1. The van der Waals surface area contributed by atoms with E-state index in [-0.39, 0.29) is 24.6 Å². The van der Waals surface area contributed by atoms with Gasteiger partial charge in [-0.3, -0.25) is 10.1 Å². The van der Waals surface area contributed by atoms with E-state index >= 15 is 0 Å². The Bertz CT molecular complexity index is 915. The van der Waals surface area contributed by atoms with Crippen LogP contribution in [0, 0.1) is 10.1 Å². The highest BCUT2D eigenvalue weighted by Gasteiger charge is 2.34. The van der Waals surface area contributed by atoms with E-state index in [1.54, 1.807) is 12.1 Å². The summed E-state index contributed by atoms with van der Waals surface area (Å²) in [5.41, 5.74) is 2.68. The average molecular weight is 371 g/mol. The van der Waals surface area contributed by atoms with Gasteiger partial charge in [-0.25, -0.2) is 0 Å². The molecule has 134 valence electrons. The first-order valence-corrected chi connectivity index (χ1v) is 8.64. The molecule has 2 heterocycles. The van der Waals surface area contributed by atoms with Gasteiger partial charge in [0, 0.05) is 29.8 Å². The predicted molar refractivity (Wildman–Crippen MR) is 101 cm³/mol. The number of nitro benzene ring substituents is 1. The first-order valence-electron chi connectivity index (χ1n) is 8.23. The predicted octanol–water partition coefficient (Wildman–Crippen LogP) is 3.52. The van der Waals surface area contributed by atoms with Crippen molar-refractivity contribution in [1.82, 2.24) is 5.32 Å². The van der Waals surface area contributed by atoms with Crippen LogP contribution in [0.5, 0.6) is 11.5 Å². The second kappa shape index (κ2) is 6.14. The van der Waals surface area contributed by atoms with Crippen LogP contribution < -0.4 is 19.7 Å². The normalized spacial score (nSPS) is 17.9. The summed E-state index contributed by atoms with van der Waals surface area (Å²) in [4.78, 5) is 12.8. The standard InChI is InChI=1S/C18H17N3O4S/c1-10(2)20-14-8-16-15(24-9-25-16)7-13(14)17(19-18(20)26)11-4-3-5-12(6-11)21(22)23/h3-8,10,17H,9H2,1-2H3,(H,19,26). The highest BCUT2D eigenvalue weighted by Crippen LogP contribution is 2.44. The molecule has 2 aliphatic rings. The quantitative estimate of drug-likeness (QED) is 0.502. The second-order valence-corrected chi connectivity index (χ2v) is 6.85. The lowest BCUT2D eigenvalue weighted by atomic mass is 9.93. The van der Waals surface area contributed by atoms with Crippen molar-refractivity contribution in [2.45, 2.75) is 25.9 Å². The lowest BCUT2D eigenvalue weighted by Gasteiger charge is -2.39. The van der Waals surface area contributed by atoms with Crippen LogP contribution in [0.1, 0.15) is 31.0 Å². The van der Waals surface area contributed by atoms with Crippen LogP contribution in [0.4, 0.5) is 11.4 Å². The topological polar surface area (TPSA) is 76.9 Å². The largest absolute Gasteiger partial charge is 0.454 e. The SMILES string of the molecule is CC(C)N1C(=S)NC(c2cccc([N+](=O)[O-])c2)c2cc3c(cc21)OCO3. The highest BCUT2D eigenvalue weighted by molar-refractivity contribution is 7.80. The van der Waals surface area contributed by atoms with E-state index in [1.807, 2.05) is 23.1 Å². The molecule has 2 aromatic carbocycles. The summed E-state index contributed by atoms with van der Waals surface area (Å²) in [6.45, 7) is 4.28. The molecular formula is C18H17N3O4S. The number of benzene rings is 2. The number of nitrogens with zero attached hydrogens (tertiary/aromatic N) is 2. The van der Waals surface area contributed by atoms with Crippen LogP contribution in [0.3, 0.4) is 0 Å². The van der Waals surface area contributed by atoms with Crippen molar-refractivity contribution in [2.24, 2.45) is 0 Å². The zero-order valence-electron chi connectivity index (χ0n) is 14.3. The fourth-order valence-corrected chi connectivity index (χ4v) is 3.79. The summed E-state index contributed by atoms with van der Waals surface area (Å²) < 4.78 is 11.0. The maximum absolute atomic E-state index is 11.2. The molecular weight excluding hydrogens is 354 g/mol. The molecule has 0 saturated heterocycles. The van der Waals surface area contributed by atoms with Crippen LogP contribution in [0.15, 0.2) is 36.4 Å². The van der Waals surface area contributed by atoms with Crippen LogP contribution >= 0.6 is 12.2 Å². The number of fused-ring (bicyclic) bond motifs is 2. The second-order valence-electron chi connectivity index (χ2n) is 6.46. The summed E-state index contributed by atoms with van der Waals surface area (Å²) >= 11 is 5.58. The van der Waals surface area contributed by atoms with E-state index in [4.69, 9.17) is 21.7 Å². The molecule has 8 heteroatoms. The fourth-order valence-electron chi connectivity index (χ4n) is 3.36. The van der Waals surface area contributed by atoms with Gasteiger partial charge in [-0.15, -0.1) is 0 Å². The molecule has 0 fully saturated rings. The Morgan fingerprint density at radius 1 is 1.27 bits per heavy atom. The summed E-state index contributed by atoms with van der Waals surface area (Å²) in [5, 5.41) is 15.0. The zero-order chi connectivity index (χ0) is 18.4. The van der Waals surface area contributed by atoms with Crippen molar-refractivity contribution < 1.29 is 14.4 Å². The Kier molecular flexibility index (Phi) is 3.91. The van der Waals surface area contributed by atoms with Gasteiger partial charge in [-0.05, 0) is 37.7 Å². The van der Waals surface area contributed by atoms with Gasteiger partial charge in [0.25, 0.3) is 5.69 Å². The van der Waals surface area contributed by atoms with Gasteiger partial charge in [-0.2, -0.15) is 0 Å². The van der Waals surface area contributed by atoms with Gasteiger partial charge in [0.2, 0.25) is 6.79 Å². The summed E-state index contributed by atoms with van der Waals surface area (Å²) in [5.74, 6) is 1.34. The van der Waals surface area contributed by atoms with E-state index in [1.165, 1.54) is 6.07 Å². The summed E-state index contributed by atoms with van der Waals surface area (Å²) in [7, 11) is 0. The van der Waals surface area contributed by atoms with E-state index in [2.05, 4.69) is 19.2 Å². The number of thiocarbonyl (C=S) groups is 1. The number of nitro groups is 1. The molecule has 0 amide bonds. The van der Waals surface area contributed by atoms with Gasteiger partial charge in [0.1, 0.15) is 0 Å². The van der Waals surface area contributed by atoms with E-state index < -0.39 is 4.92 Å². The smallest absolute Gasteiger partial charge is 0.269 e. The van der Waals surface area contributed by atoms with Gasteiger partial charge in [-0.1, -0.05) is 12.1 Å². The third-order valence-electron chi connectivity index (χ3n) is 4.51. The number of nitrogens with one attached hydrogen (secondary N) is 1. The minimum atomic E-state index is -0.397. The molecule has 4 rings (SSSR count). The first kappa shape index (κ1) is 16.6. The molecule has 7 nitrogen and oxygen atoms in total. The summed E-state index contributed by atoms with van der Waals surface area (Å²) in [6, 6.07) is 10.3. The molecule has 0 saturated carbocycles. The minimum Gasteiger partial charge on any atom is -0.454 e. The van der Waals surface area contributed by atoms with Crippen LogP contribution in [0.2, 0.25) is 0 Å². The zero-order valence-corrected chi connectivity index (χ0v) is 15.1. The molecule has 1 atom stereocenters. The number of hydrogen-bond donors (Lipinski definition) is 1. The number of rotatable bonds is 3. The maximum Gasteiger partial charge on any atom is 0.269 e. The van der Waals surface area contributed by atoms with Crippen molar-refractivity contribution in [3.63, 3.8) is 0 Å². The lowest BCUT2D eigenvalue weighted by Crippen LogP contribution is -2.49. The molecule has 0 aliphatic carbocycles. The maximum atomic E-state index is 11.2. The van der Waals surface area contributed by atoms with Crippen LogP contribution in [-0.4, -0.2) is 22.9 Å². The van der Waals surface area contributed by atoms with E-state index in [0.29, 0.717) is 16.6 Å². The minimum absolute atomic E-state index is 0.0452. The molecule has 2 aromatic rings. The van der Waals surface area contributed by atoms with Crippen molar-refractivity contribution in [1.29, 1.82) is 0 Å². The molecule has 0 aromatic heterocycles. The molecule has 0 radical (unpaired) electrons. The van der Waals surface area contributed by atoms with Crippen LogP contribution in [-0.2, 0) is 0 Å². The van der Waals surface area contributed by atoms with Crippen molar-refractivity contribution >= 4 is 28.7 Å². The van der Waals surface area contributed by atoms with E-state index in [0.717, 1.165) is 16.8 Å². The Labute approximate surface area is 155 Å². The van der Waals surface area contributed by atoms with Gasteiger partial charge < -0.3 is 19.7 Å². The van der Waals surface area contributed by atoms with Crippen molar-refractivity contribution in [3.05, 3.63) is 57.6 Å². The van der Waals surface area contributed by atoms with Crippen LogP contribution in [0.25, 0.3) is 0 Å². The van der Waals surface area contributed by atoms with E-state index in [9.17, 15) is 10.1 Å². The number of anilines is 1. The lowest BCUT2D eigenvalue weighted by molar-refractivity contribution is -0.384. The number of non-ortho nitro benzene ring substituents is 1. The molecule has 0 spiro atoms. The van der Waals surface area contributed by atoms with Gasteiger partial charge >= 0.3 is 0 Å². The van der Waals surface area contributed by atoms with Crippen molar-refractivity contribution in [2.75, 3.05) is 11.7 Å². The molecule has 26 heavy (non-hydrogen) atoms. The third kappa shape index (κ3) is 2.62. The average Bonchev–Trinajstić information content (AvgIpc) is 3.06. The Morgan fingerprint density at radius 3 is 2.69 bits per heavy atom. The first-order chi connectivity index (χ1) is 12.5. The monoisotopic (exact) mass is 371 g/mol. The van der Waals surface area contributed by atoms with Crippen molar-refractivity contribution in [3.8, 4) is 11.5 Å². The molecule has 1 unspecified atom stereocenters. The molecule has 2 aliphatic heterocycles. The molecule has 1 N–H and O–H groups in total. The fraction of sp³-hybridized carbons (Fsp3) is 0.278. The van der Waals surface area contributed by atoms with Gasteiger partial charge in [0.15, 0.2) is 16.6 Å². The Hall–Kier alpha value is -2.87. The number of hydrogen-bond acceptors (Lipinski definition) is 5. The number of ether oxygens (including phenoxy) is 2. The molecule has 0 bridgehead atoms. The Balaban J connectivity index is 1.88.